The van der Waals surface area contributed by atoms with E-state index in [1.807, 2.05) is 0 Å². The SMILES string of the molecule is Cc1c(F)cnn1CC(C)C. The van der Waals surface area contributed by atoms with E-state index in [1.165, 1.54) is 6.20 Å². The van der Waals surface area contributed by atoms with Gasteiger partial charge in [-0.1, -0.05) is 13.8 Å². The van der Waals surface area contributed by atoms with Gasteiger partial charge in [-0.15, -0.1) is 0 Å². The topological polar surface area (TPSA) is 17.8 Å². The van der Waals surface area contributed by atoms with Crippen LogP contribution in [0.15, 0.2) is 6.20 Å². The summed E-state index contributed by atoms with van der Waals surface area (Å²) in [5, 5.41) is 3.90. The lowest BCUT2D eigenvalue weighted by molar-refractivity contribution is 0.470. The normalized spacial score (nSPS) is 11.0. The van der Waals surface area contributed by atoms with Crippen LogP contribution in [0.25, 0.3) is 0 Å². The van der Waals surface area contributed by atoms with Crippen molar-refractivity contribution in [2.24, 2.45) is 5.92 Å². The molecule has 1 rings (SSSR count). The first-order valence-electron chi connectivity index (χ1n) is 3.79. The number of hydrogen-bond acceptors (Lipinski definition) is 1. The largest absolute Gasteiger partial charge is 0.267 e. The molecule has 0 saturated carbocycles. The Morgan fingerprint density at radius 1 is 1.64 bits per heavy atom. The fraction of sp³-hybridized carbons (Fsp3) is 0.625. The van der Waals surface area contributed by atoms with Crippen molar-refractivity contribution >= 4 is 0 Å². The quantitative estimate of drug-likeness (QED) is 0.640. The first-order chi connectivity index (χ1) is 5.11. The lowest BCUT2D eigenvalue weighted by atomic mass is 10.2. The van der Waals surface area contributed by atoms with E-state index in [0.717, 1.165) is 6.54 Å². The fourth-order valence-corrected chi connectivity index (χ4v) is 0.954. The number of nitrogens with zero attached hydrogens (tertiary/aromatic N) is 2. The zero-order valence-electron chi connectivity index (χ0n) is 7.13. The Morgan fingerprint density at radius 2 is 2.27 bits per heavy atom. The smallest absolute Gasteiger partial charge is 0.163 e. The van der Waals surface area contributed by atoms with Crippen molar-refractivity contribution in [2.75, 3.05) is 0 Å². The predicted molar refractivity (Wildman–Crippen MR) is 41.8 cm³/mol. The zero-order valence-corrected chi connectivity index (χ0v) is 7.13. The third kappa shape index (κ3) is 1.79. The Labute approximate surface area is 66.0 Å². The van der Waals surface area contributed by atoms with Crippen LogP contribution in [-0.4, -0.2) is 9.78 Å². The van der Waals surface area contributed by atoms with E-state index < -0.39 is 0 Å². The molecular formula is C8H13FN2. The molecule has 0 amide bonds. The molecule has 0 fully saturated rings. The highest BCUT2D eigenvalue weighted by molar-refractivity contribution is 5.00. The molecule has 2 nitrogen and oxygen atoms in total. The summed E-state index contributed by atoms with van der Waals surface area (Å²) in [4.78, 5) is 0. The lowest BCUT2D eigenvalue weighted by Crippen LogP contribution is -2.07. The molecule has 0 N–H and O–H groups in total. The van der Waals surface area contributed by atoms with Gasteiger partial charge < -0.3 is 0 Å². The number of hydrogen-bond donors (Lipinski definition) is 0. The van der Waals surface area contributed by atoms with Gasteiger partial charge >= 0.3 is 0 Å². The highest BCUT2D eigenvalue weighted by Gasteiger charge is 2.05. The van der Waals surface area contributed by atoms with Crippen LogP contribution in [0.5, 0.6) is 0 Å². The minimum atomic E-state index is -0.217. The van der Waals surface area contributed by atoms with E-state index in [0.29, 0.717) is 11.6 Å². The molecule has 0 aliphatic rings. The van der Waals surface area contributed by atoms with Gasteiger partial charge in [0.1, 0.15) is 0 Å². The zero-order chi connectivity index (χ0) is 8.43. The first kappa shape index (κ1) is 8.24. The molecule has 1 aromatic heterocycles. The van der Waals surface area contributed by atoms with Crippen LogP contribution >= 0.6 is 0 Å². The van der Waals surface area contributed by atoms with E-state index in [4.69, 9.17) is 0 Å². The van der Waals surface area contributed by atoms with Crippen LogP contribution in [0.3, 0.4) is 0 Å². The second-order valence-electron chi connectivity index (χ2n) is 3.15. The summed E-state index contributed by atoms with van der Waals surface area (Å²) in [6.07, 6.45) is 1.26. The van der Waals surface area contributed by atoms with Gasteiger partial charge in [0.2, 0.25) is 0 Å². The molecule has 0 unspecified atom stereocenters. The maximum atomic E-state index is 12.7. The number of aromatic nitrogens is 2. The second-order valence-corrected chi connectivity index (χ2v) is 3.15. The minimum Gasteiger partial charge on any atom is -0.267 e. The van der Waals surface area contributed by atoms with Crippen LogP contribution < -0.4 is 0 Å². The number of halogens is 1. The van der Waals surface area contributed by atoms with Crippen LogP contribution in [0.4, 0.5) is 4.39 Å². The molecule has 11 heavy (non-hydrogen) atoms. The van der Waals surface area contributed by atoms with E-state index >= 15 is 0 Å². The molecule has 0 aliphatic heterocycles. The van der Waals surface area contributed by atoms with Gasteiger partial charge in [-0.05, 0) is 12.8 Å². The maximum Gasteiger partial charge on any atom is 0.163 e. The number of rotatable bonds is 2. The van der Waals surface area contributed by atoms with E-state index in [2.05, 4.69) is 18.9 Å². The molecular weight excluding hydrogens is 143 g/mol. The van der Waals surface area contributed by atoms with Gasteiger partial charge in [0.05, 0.1) is 11.9 Å². The average Bonchev–Trinajstić information content (AvgIpc) is 2.18. The van der Waals surface area contributed by atoms with Gasteiger partial charge in [0.25, 0.3) is 0 Å². The van der Waals surface area contributed by atoms with Crippen molar-refractivity contribution in [3.05, 3.63) is 17.7 Å². The van der Waals surface area contributed by atoms with Gasteiger partial charge in [0.15, 0.2) is 5.82 Å². The lowest BCUT2D eigenvalue weighted by Gasteiger charge is -2.05. The summed E-state index contributed by atoms with van der Waals surface area (Å²) in [7, 11) is 0. The summed E-state index contributed by atoms with van der Waals surface area (Å²) in [5.41, 5.74) is 0.624. The third-order valence-corrected chi connectivity index (χ3v) is 1.58. The first-order valence-corrected chi connectivity index (χ1v) is 3.79. The molecule has 0 bridgehead atoms. The third-order valence-electron chi connectivity index (χ3n) is 1.58. The van der Waals surface area contributed by atoms with Crippen molar-refractivity contribution in [2.45, 2.75) is 27.3 Å². The van der Waals surface area contributed by atoms with Crippen molar-refractivity contribution in [1.82, 2.24) is 9.78 Å². The Kier molecular flexibility index (Phi) is 2.27. The predicted octanol–water partition coefficient (Wildman–Crippen LogP) is 1.99. The molecule has 0 spiro atoms. The van der Waals surface area contributed by atoms with Crippen molar-refractivity contribution in [1.29, 1.82) is 0 Å². The summed E-state index contributed by atoms with van der Waals surface area (Å²) in [5.74, 6) is 0.290. The highest BCUT2D eigenvalue weighted by Crippen LogP contribution is 2.06. The maximum absolute atomic E-state index is 12.7. The molecule has 0 aromatic carbocycles. The van der Waals surface area contributed by atoms with Crippen molar-refractivity contribution in [3.63, 3.8) is 0 Å². The van der Waals surface area contributed by atoms with Crippen LogP contribution in [0.2, 0.25) is 0 Å². The fourth-order valence-electron chi connectivity index (χ4n) is 0.954. The van der Waals surface area contributed by atoms with Gasteiger partial charge in [0, 0.05) is 6.54 Å². The summed E-state index contributed by atoms with van der Waals surface area (Å²) < 4.78 is 14.4. The average molecular weight is 156 g/mol. The molecule has 1 aromatic rings. The molecule has 3 heteroatoms. The Bertz CT molecular complexity index is 240. The molecule has 0 aliphatic carbocycles. The van der Waals surface area contributed by atoms with Crippen LogP contribution in [0.1, 0.15) is 19.5 Å². The van der Waals surface area contributed by atoms with E-state index in [9.17, 15) is 4.39 Å². The van der Waals surface area contributed by atoms with Crippen molar-refractivity contribution < 1.29 is 4.39 Å². The van der Waals surface area contributed by atoms with Crippen LogP contribution in [-0.2, 0) is 6.54 Å². The van der Waals surface area contributed by atoms with Crippen LogP contribution in [0, 0.1) is 18.7 Å². The van der Waals surface area contributed by atoms with E-state index in [-0.39, 0.29) is 5.82 Å². The Hall–Kier alpha value is -0.860. The highest BCUT2D eigenvalue weighted by atomic mass is 19.1. The second kappa shape index (κ2) is 3.03. The standard InChI is InChI=1S/C8H13FN2/c1-6(2)5-11-7(3)8(9)4-10-11/h4,6H,5H2,1-3H3. The Morgan fingerprint density at radius 3 is 2.64 bits per heavy atom. The van der Waals surface area contributed by atoms with E-state index in [1.54, 1.807) is 11.6 Å². The molecule has 0 saturated heterocycles. The van der Waals surface area contributed by atoms with Gasteiger partial charge in [-0.25, -0.2) is 4.39 Å². The molecule has 62 valence electrons. The monoisotopic (exact) mass is 156 g/mol. The van der Waals surface area contributed by atoms with Crippen molar-refractivity contribution in [3.8, 4) is 0 Å². The van der Waals surface area contributed by atoms with Gasteiger partial charge in [-0.3, -0.25) is 4.68 Å². The molecule has 0 atom stereocenters. The molecule has 1 heterocycles. The summed E-state index contributed by atoms with van der Waals surface area (Å²) in [6.45, 7) is 6.69. The van der Waals surface area contributed by atoms with Gasteiger partial charge in [-0.2, -0.15) is 5.10 Å². The molecule has 0 radical (unpaired) electrons. The minimum absolute atomic E-state index is 0.217. The summed E-state index contributed by atoms with van der Waals surface area (Å²) >= 11 is 0. The summed E-state index contributed by atoms with van der Waals surface area (Å²) in [6, 6.07) is 0. The Balaban J connectivity index is 2.79.